The normalized spacial score (nSPS) is 20.3. The molecule has 1 aromatic carbocycles. The van der Waals surface area contributed by atoms with Gasteiger partial charge in [0.2, 0.25) is 0 Å². The van der Waals surface area contributed by atoms with Crippen molar-refractivity contribution in [3.63, 3.8) is 0 Å². The maximum absolute atomic E-state index is 13.1. The van der Waals surface area contributed by atoms with Crippen molar-refractivity contribution in [2.75, 3.05) is 7.11 Å². The molecule has 0 atom stereocenters. The third-order valence-corrected chi connectivity index (χ3v) is 4.47. The molecule has 0 heterocycles. The maximum atomic E-state index is 13.1. The lowest BCUT2D eigenvalue weighted by Crippen LogP contribution is -2.44. The molecule has 6 nitrogen and oxygen atoms in total. The van der Waals surface area contributed by atoms with Gasteiger partial charge in [0.15, 0.2) is 0 Å². The topological polar surface area (TPSA) is 87.7 Å². The Hall–Kier alpha value is -2.45. The van der Waals surface area contributed by atoms with Gasteiger partial charge in [-0.2, -0.15) is 13.2 Å². The third-order valence-electron chi connectivity index (χ3n) is 4.47. The number of amides is 2. The summed E-state index contributed by atoms with van der Waals surface area (Å²) in [7, 11) is 1.28. The van der Waals surface area contributed by atoms with Crippen molar-refractivity contribution < 1.29 is 32.6 Å². The van der Waals surface area contributed by atoms with E-state index in [4.69, 9.17) is 9.84 Å². The van der Waals surface area contributed by atoms with E-state index < -0.39 is 29.7 Å². The summed E-state index contributed by atoms with van der Waals surface area (Å²) in [6.45, 7) is -0.283. The number of benzene rings is 1. The van der Waals surface area contributed by atoms with Crippen molar-refractivity contribution in [2.45, 2.75) is 44.4 Å². The largest absolute Gasteiger partial charge is 0.497 e. The molecule has 1 saturated carbocycles. The molecule has 0 aliphatic heterocycles. The number of ether oxygens (including phenoxy) is 1. The van der Waals surface area contributed by atoms with Crippen LogP contribution in [0.15, 0.2) is 18.2 Å². The average Bonchev–Trinajstić information content (AvgIpc) is 2.59. The van der Waals surface area contributed by atoms with Gasteiger partial charge >= 0.3 is 18.2 Å². The fourth-order valence-corrected chi connectivity index (χ4v) is 3.00. The molecular formula is C17H21F3N2O4. The number of carboxylic acid groups (broad SMARTS) is 1. The summed E-state index contributed by atoms with van der Waals surface area (Å²) in [5.41, 5.74) is -0.929. The van der Waals surface area contributed by atoms with Crippen LogP contribution >= 0.6 is 0 Å². The van der Waals surface area contributed by atoms with Crippen LogP contribution in [0.4, 0.5) is 18.0 Å². The number of halogens is 3. The number of carboxylic acids is 1. The number of carbonyl (C=O) groups excluding carboxylic acids is 1. The summed E-state index contributed by atoms with van der Waals surface area (Å²) in [6.07, 6.45) is -2.56. The van der Waals surface area contributed by atoms with E-state index in [2.05, 4.69) is 10.6 Å². The molecule has 26 heavy (non-hydrogen) atoms. The third kappa shape index (κ3) is 5.27. The molecule has 0 radical (unpaired) electrons. The quantitative estimate of drug-likeness (QED) is 0.739. The van der Waals surface area contributed by atoms with Gasteiger partial charge in [0.05, 0.1) is 18.6 Å². The highest BCUT2D eigenvalue weighted by atomic mass is 19.4. The fraction of sp³-hybridized carbons (Fsp3) is 0.529. The Morgan fingerprint density at radius 1 is 1.23 bits per heavy atom. The Morgan fingerprint density at radius 2 is 1.88 bits per heavy atom. The first kappa shape index (κ1) is 19.9. The molecule has 1 aliphatic rings. The molecule has 1 fully saturated rings. The molecular weight excluding hydrogens is 353 g/mol. The number of aliphatic carboxylic acids is 1. The number of hydrogen-bond acceptors (Lipinski definition) is 3. The van der Waals surface area contributed by atoms with Gasteiger partial charge in [-0.25, -0.2) is 4.79 Å². The summed E-state index contributed by atoms with van der Waals surface area (Å²) in [5.74, 6) is -1.16. The van der Waals surface area contributed by atoms with Crippen molar-refractivity contribution in [1.82, 2.24) is 10.6 Å². The zero-order valence-corrected chi connectivity index (χ0v) is 14.2. The summed E-state index contributed by atoms with van der Waals surface area (Å²) in [4.78, 5) is 22.8. The van der Waals surface area contributed by atoms with E-state index in [9.17, 15) is 22.8 Å². The second-order valence-corrected chi connectivity index (χ2v) is 6.23. The van der Waals surface area contributed by atoms with Gasteiger partial charge in [0.1, 0.15) is 5.75 Å². The SMILES string of the molecule is COc1ccc(CNC(=O)NC2CCC(C(=O)O)CC2)c(C(F)(F)F)c1. The first-order valence-electron chi connectivity index (χ1n) is 8.22. The minimum atomic E-state index is -4.56. The zero-order valence-electron chi connectivity index (χ0n) is 14.2. The van der Waals surface area contributed by atoms with Crippen LogP contribution in [0.25, 0.3) is 0 Å². The highest BCUT2D eigenvalue weighted by Crippen LogP contribution is 2.34. The number of urea groups is 1. The minimum Gasteiger partial charge on any atom is -0.497 e. The summed E-state index contributed by atoms with van der Waals surface area (Å²) in [5, 5.41) is 14.0. The van der Waals surface area contributed by atoms with Gasteiger partial charge in [0, 0.05) is 12.6 Å². The standard InChI is InChI=1S/C17H21F3N2O4/c1-26-13-7-4-11(14(8-13)17(18,19)20)9-21-16(25)22-12-5-2-10(3-6-12)15(23)24/h4,7-8,10,12H,2-3,5-6,9H2,1H3,(H,23,24)(H2,21,22,25). The Bertz CT molecular complexity index is 656. The van der Waals surface area contributed by atoms with Crippen LogP contribution in [0.5, 0.6) is 5.75 Å². The van der Waals surface area contributed by atoms with E-state index in [1.54, 1.807) is 0 Å². The summed E-state index contributed by atoms with van der Waals surface area (Å²) >= 11 is 0. The van der Waals surface area contributed by atoms with Crippen molar-refractivity contribution in [3.8, 4) is 5.75 Å². The molecule has 3 N–H and O–H groups in total. The Morgan fingerprint density at radius 3 is 2.42 bits per heavy atom. The van der Waals surface area contributed by atoms with Crippen LogP contribution in [0, 0.1) is 5.92 Å². The number of methoxy groups -OCH3 is 1. The van der Waals surface area contributed by atoms with Gasteiger partial charge in [-0.05, 0) is 43.4 Å². The predicted molar refractivity (Wildman–Crippen MR) is 86.7 cm³/mol. The van der Waals surface area contributed by atoms with E-state index >= 15 is 0 Å². The summed E-state index contributed by atoms with van der Waals surface area (Å²) < 4.78 is 44.2. The van der Waals surface area contributed by atoms with Crippen molar-refractivity contribution >= 4 is 12.0 Å². The van der Waals surface area contributed by atoms with Gasteiger partial charge in [0.25, 0.3) is 0 Å². The Kier molecular flexibility index (Phi) is 6.33. The number of alkyl halides is 3. The Labute approximate surface area is 148 Å². The van der Waals surface area contributed by atoms with E-state index in [0.717, 1.165) is 6.07 Å². The highest BCUT2D eigenvalue weighted by molar-refractivity contribution is 5.74. The second-order valence-electron chi connectivity index (χ2n) is 6.23. The monoisotopic (exact) mass is 374 g/mol. The van der Waals surface area contributed by atoms with Crippen LogP contribution in [-0.2, 0) is 17.5 Å². The molecule has 2 amide bonds. The Balaban J connectivity index is 1.91. The van der Waals surface area contributed by atoms with Crippen LogP contribution in [0.1, 0.15) is 36.8 Å². The molecule has 0 bridgehead atoms. The van der Waals surface area contributed by atoms with Crippen LogP contribution in [-0.4, -0.2) is 30.3 Å². The lowest BCUT2D eigenvalue weighted by atomic mass is 9.86. The van der Waals surface area contributed by atoms with Crippen molar-refractivity contribution in [1.29, 1.82) is 0 Å². The van der Waals surface area contributed by atoms with Crippen LogP contribution < -0.4 is 15.4 Å². The van der Waals surface area contributed by atoms with E-state index in [0.29, 0.717) is 25.7 Å². The van der Waals surface area contributed by atoms with Crippen LogP contribution in [0.3, 0.4) is 0 Å². The lowest BCUT2D eigenvalue weighted by Gasteiger charge is -2.27. The predicted octanol–water partition coefficient (Wildman–Crippen LogP) is 3.16. The number of hydrogen-bond donors (Lipinski definition) is 3. The van der Waals surface area contributed by atoms with Crippen molar-refractivity contribution in [3.05, 3.63) is 29.3 Å². The smallest absolute Gasteiger partial charge is 0.416 e. The molecule has 9 heteroatoms. The minimum absolute atomic E-state index is 0.0666. The summed E-state index contributed by atoms with van der Waals surface area (Å²) in [6, 6.07) is 2.80. The number of rotatable bonds is 5. The van der Waals surface area contributed by atoms with E-state index in [1.165, 1.54) is 19.2 Å². The van der Waals surface area contributed by atoms with E-state index in [-0.39, 0.29) is 23.9 Å². The number of carbonyl (C=O) groups is 2. The van der Waals surface area contributed by atoms with Gasteiger partial charge in [-0.3, -0.25) is 4.79 Å². The molecule has 0 unspecified atom stereocenters. The molecule has 1 aliphatic carbocycles. The highest BCUT2D eigenvalue weighted by Gasteiger charge is 2.34. The molecule has 144 valence electrons. The molecule has 0 aromatic heterocycles. The lowest BCUT2D eigenvalue weighted by molar-refractivity contribution is -0.143. The van der Waals surface area contributed by atoms with E-state index in [1.807, 2.05) is 0 Å². The van der Waals surface area contributed by atoms with Gasteiger partial charge < -0.3 is 20.5 Å². The van der Waals surface area contributed by atoms with Gasteiger partial charge in [-0.1, -0.05) is 6.07 Å². The average molecular weight is 374 g/mol. The molecule has 0 saturated heterocycles. The van der Waals surface area contributed by atoms with Crippen molar-refractivity contribution in [2.24, 2.45) is 5.92 Å². The first-order valence-corrected chi connectivity index (χ1v) is 8.22. The van der Waals surface area contributed by atoms with Gasteiger partial charge in [-0.15, -0.1) is 0 Å². The fourth-order valence-electron chi connectivity index (χ4n) is 3.00. The van der Waals surface area contributed by atoms with Crippen LogP contribution in [0.2, 0.25) is 0 Å². The maximum Gasteiger partial charge on any atom is 0.416 e. The zero-order chi connectivity index (χ0) is 19.3. The molecule has 1 aromatic rings. The number of nitrogens with one attached hydrogen (secondary N) is 2. The molecule has 0 spiro atoms. The second kappa shape index (κ2) is 8.29. The molecule has 2 rings (SSSR count). The first-order chi connectivity index (χ1) is 12.2.